The molecule has 0 heterocycles. The number of nitrogens with two attached hydrogens (primary N) is 1. The topological polar surface area (TPSA) is 52.3 Å². The number of methoxy groups -OCH3 is 1. The maximum atomic E-state index is 11.3. The van der Waals surface area contributed by atoms with E-state index in [-0.39, 0.29) is 17.4 Å². The van der Waals surface area contributed by atoms with Crippen molar-refractivity contribution < 1.29 is 9.53 Å². The highest BCUT2D eigenvalue weighted by molar-refractivity contribution is 5.69. The fraction of sp³-hybridized carbons (Fsp3) is 0.500. The van der Waals surface area contributed by atoms with Crippen LogP contribution in [-0.4, -0.2) is 13.1 Å². The van der Waals surface area contributed by atoms with E-state index in [1.807, 2.05) is 44.2 Å². The quantitative estimate of drug-likeness (QED) is 0.798. The van der Waals surface area contributed by atoms with Crippen molar-refractivity contribution in [3.63, 3.8) is 0 Å². The van der Waals surface area contributed by atoms with E-state index in [2.05, 4.69) is 0 Å². The molecule has 3 heteroatoms. The van der Waals surface area contributed by atoms with Crippen LogP contribution in [0, 0.1) is 5.41 Å². The largest absolute Gasteiger partial charge is 0.469 e. The number of benzene rings is 1. The Morgan fingerprint density at radius 1 is 1.35 bits per heavy atom. The second kappa shape index (κ2) is 5.82. The minimum Gasteiger partial charge on any atom is -0.469 e. The first-order chi connectivity index (χ1) is 7.94. The van der Waals surface area contributed by atoms with Crippen molar-refractivity contribution in [3.8, 4) is 0 Å². The zero-order valence-corrected chi connectivity index (χ0v) is 10.8. The summed E-state index contributed by atoms with van der Waals surface area (Å²) >= 11 is 0. The predicted molar refractivity (Wildman–Crippen MR) is 68.4 cm³/mol. The van der Waals surface area contributed by atoms with E-state index in [0.717, 1.165) is 12.0 Å². The first-order valence-corrected chi connectivity index (χ1v) is 5.82. The van der Waals surface area contributed by atoms with Gasteiger partial charge in [0.25, 0.3) is 0 Å². The first kappa shape index (κ1) is 13.7. The van der Waals surface area contributed by atoms with Crippen molar-refractivity contribution in [3.05, 3.63) is 35.9 Å². The first-order valence-electron chi connectivity index (χ1n) is 5.82. The average molecular weight is 235 g/mol. The Labute approximate surface area is 103 Å². The molecule has 2 N–H and O–H groups in total. The van der Waals surface area contributed by atoms with Gasteiger partial charge in [-0.15, -0.1) is 0 Å². The van der Waals surface area contributed by atoms with Gasteiger partial charge < -0.3 is 10.5 Å². The summed E-state index contributed by atoms with van der Waals surface area (Å²) < 4.78 is 4.69. The van der Waals surface area contributed by atoms with E-state index >= 15 is 0 Å². The summed E-state index contributed by atoms with van der Waals surface area (Å²) in [5.41, 5.74) is 7.10. The van der Waals surface area contributed by atoms with Crippen LogP contribution < -0.4 is 5.73 Å². The molecule has 0 amide bonds. The molecule has 1 unspecified atom stereocenters. The molecular formula is C14H21NO2. The summed E-state index contributed by atoms with van der Waals surface area (Å²) in [4.78, 5) is 11.3. The number of esters is 1. The Kier molecular flexibility index (Phi) is 4.70. The standard InChI is InChI=1S/C14H21NO2/c1-14(2,10-13(16)17-3)9-12(15)11-7-5-4-6-8-11/h4-8,12H,9-10,15H2,1-3H3. The third kappa shape index (κ3) is 4.57. The van der Waals surface area contributed by atoms with Crippen molar-refractivity contribution in [2.45, 2.75) is 32.7 Å². The molecule has 0 saturated carbocycles. The Morgan fingerprint density at radius 2 is 1.94 bits per heavy atom. The van der Waals surface area contributed by atoms with Gasteiger partial charge in [-0.05, 0) is 17.4 Å². The molecule has 1 aromatic carbocycles. The summed E-state index contributed by atoms with van der Waals surface area (Å²) in [6.07, 6.45) is 1.15. The van der Waals surface area contributed by atoms with Gasteiger partial charge in [-0.1, -0.05) is 44.2 Å². The lowest BCUT2D eigenvalue weighted by atomic mass is 9.81. The average Bonchev–Trinajstić information content (AvgIpc) is 2.28. The van der Waals surface area contributed by atoms with E-state index in [4.69, 9.17) is 10.5 Å². The highest BCUT2D eigenvalue weighted by atomic mass is 16.5. The normalized spacial score (nSPS) is 13.2. The summed E-state index contributed by atoms with van der Waals surface area (Å²) in [7, 11) is 1.41. The van der Waals surface area contributed by atoms with Gasteiger partial charge >= 0.3 is 5.97 Å². The third-order valence-electron chi connectivity index (χ3n) is 2.85. The van der Waals surface area contributed by atoms with Crippen LogP contribution in [0.4, 0.5) is 0 Å². The Balaban J connectivity index is 2.61. The maximum absolute atomic E-state index is 11.3. The van der Waals surface area contributed by atoms with E-state index in [1.54, 1.807) is 0 Å². The molecule has 3 nitrogen and oxygen atoms in total. The van der Waals surface area contributed by atoms with Gasteiger partial charge in [-0.3, -0.25) is 4.79 Å². The van der Waals surface area contributed by atoms with Crippen LogP contribution in [0.2, 0.25) is 0 Å². The Bertz CT molecular complexity index is 360. The number of carbonyl (C=O) groups excluding carboxylic acids is 1. The molecule has 0 aliphatic heterocycles. The third-order valence-corrected chi connectivity index (χ3v) is 2.85. The molecule has 0 spiro atoms. The number of hydrogen-bond acceptors (Lipinski definition) is 3. The number of hydrogen-bond donors (Lipinski definition) is 1. The lowest BCUT2D eigenvalue weighted by molar-refractivity contribution is -0.143. The molecule has 1 aromatic rings. The number of rotatable bonds is 5. The molecule has 1 atom stereocenters. The van der Waals surface area contributed by atoms with Crippen LogP contribution in [-0.2, 0) is 9.53 Å². The molecule has 0 aliphatic rings. The lowest BCUT2D eigenvalue weighted by Gasteiger charge is -2.27. The lowest BCUT2D eigenvalue weighted by Crippen LogP contribution is -2.24. The second-order valence-corrected chi connectivity index (χ2v) is 5.14. The van der Waals surface area contributed by atoms with E-state index in [1.165, 1.54) is 7.11 Å². The van der Waals surface area contributed by atoms with Gasteiger partial charge in [0.05, 0.1) is 13.5 Å². The molecule has 1 rings (SSSR count). The fourth-order valence-electron chi connectivity index (χ4n) is 1.95. The smallest absolute Gasteiger partial charge is 0.306 e. The molecule has 0 radical (unpaired) electrons. The minimum absolute atomic E-state index is 0.0455. The minimum atomic E-state index is -0.185. The van der Waals surface area contributed by atoms with Gasteiger partial charge in [-0.2, -0.15) is 0 Å². The van der Waals surface area contributed by atoms with Crippen LogP contribution >= 0.6 is 0 Å². The zero-order chi connectivity index (χ0) is 12.9. The van der Waals surface area contributed by atoms with Crippen LogP contribution in [0.25, 0.3) is 0 Å². The van der Waals surface area contributed by atoms with E-state index in [9.17, 15) is 4.79 Å². The van der Waals surface area contributed by atoms with Gasteiger partial charge in [0, 0.05) is 6.04 Å². The van der Waals surface area contributed by atoms with Crippen molar-refractivity contribution in [2.75, 3.05) is 7.11 Å². The van der Waals surface area contributed by atoms with Crippen molar-refractivity contribution in [1.29, 1.82) is 0 Å². The Morgan fingerprint density at radius 3 is 2.47 bits per heavy atom. The molecule has 0 aromatic heterocycles. The SMILES string of the molecule is COC(=O)CC(C)(C)CC(N)c1ccccc1. The van der Waals surface area contributed by atoms with Crippen molar-refractivity contribution >= 4 is 5.97 Å². The van der Waals surface area contributed by atoms with Crippen LogP contribution in [0.1, 0.15) is 38.3 Å². The summed E-state index contributed by atoms with van der Waals surface area (Å²) in [6.45, 7) is 4.07. The summed E-state index contributed by atoms with van der Waals surface area (Å²) in [5, 5.41) is 0. The number of ether oxygens (including phenoxy) is 1. The van der Waals surface area contributed by atoms with Crippen LogP contribution in [0.3, 0.4) is 0 Å². The predicted octanol–water partition coefficient (Wildman–Crippen LogP) is 2.67. The van der Waals surface area contributed by atoms with E-state index < -0.39 is 0 Å². The zero-order valence-electron chi connectivity index (χ0n) is 10.8. The van der Waals surface area contributed by atoms with Gasteiger partial charge in [0.2, 0.25) is 0 Å². The molecule has 0 fully saturated rings. The molecule has 94 valence electrons. The highest BCUT2D eigenvalue weighted by Gasteiger charge is 2.25. The highest BCUT2D eigenvalue weighted by Crippen LogP contribution is 2.31. The molecule has 0 aliphatic carbocycles. The van der Waals surface area contributed by atoms with Crippen LogP contribution in [0.5, 0.6) is 0 Å². The summed E-state index contributed by atoms with van der Waals surface area (Å²) in [5.74, 6) is -0.185. The van der Waals surface area contributed by atoms with Crippen molar-refractivity contribution in [1.82, 2.24) is 0 Å². The Hall–Kier alpha value is -1.35. The summed E-state index contributed by atoms with van der Waals surface area (Å²) in [6, 6.07) is 9.90. The van der Waals surface area contributed by atoms with Gasteiger partial charge in [-0.25, -0.2) is 0 Å². The number of carbonyl (C=O) groups is 1. The van der Waals surface area contributed by atoms with Gasteiger partial charge in [0.1, 0.15) is 0 Å². The van der Waals surface area contributed by atoms with Gasteiger partial charge in [0.15, 0.2) is 0 Å². The second-order valence-electron chi connectivity index (χ2n) is 5.14. The van der Waals surface area contributed by atoms with Crippen LogP contribution in [0.15, 0.2) is 30.3 Å². The fourth-order valence-corrected chi connectivity index (χ4v) is 1.95. The molecule has 17 heavy (non-hydrogen) atoms. The molecule has 0 saturated heterocycles. The van der Waals surface area contributed by atoms with E-state index in [0.29, 0.717) is 6.42 Å². The molecular weight excluding hydrogens is 214 g/mol. The maximum Gasteiger partial charge on any atom is 0.306 e. The van der Waals surface area contributed by atoms with Crippen molar-refractivity contribution in [2.24, 2.45) is 11.1 Å². The monoisotopic (exact) mass is 235 g/mol. The molecule has 0 bridgehead atoms.